The number of benzene rings is 10. The summed E-state index contributed by atoms with van der Waals surface area (Å²) in [5.41, 5.74) is 16.3. The summed E-state index contributed by atoms with van der Waals surface area (Å²) in [7, 11) is 0. The van der Waals surface area contributed by atoms with Crippen LogP contribution in [0.1, 0.15) is 0 Å². The Morgan fingerprint density at radius 1 is 0.302 bits per heavy atom. The lowest BCUT2D eigenvalue weighted by Gasteiger charge is -2.29. The summed E-state index contributed by atoms with van der Waals surface area (Å²) >= 11 is 1.85. The topological polar surface area (TPSA) is 8.17 Å². The lowest BCUT2D eigenvalue weighted by atomic mass is 9.89. The molecule has 12 aromatic rings. The van der Waals surface area contributed by atoms with Gasteiger partial charge in [0.25, 0.3) is 0 Å². The van der Waals surface area contributed by atoms with E-state index in [2.05, 4.69) is 252 Å². The molecule has 10 aromatic carbocycles. The molecule has 0 aliphatic rings. The molecule has 0 saturated heterocycles. The Morgan fingerprint density at radius 2 is 0.873 bits per heavy atom. The SMILES string of the molecule is c1ccc(-c2ccc(N(c3ccc4sc5ccccc5c4c3)c3ccccc3-c3ccc(-c4ccc5c6ccccc6n(-c6ccccc6)c5c4)cc3-c3ccccc3)cc2)cc1. The van der Waals surface area contributed by atoms with Gasteiger partial charge in [-0.1, -0.05) is 170 Å². The third kappa shape index (κ3) is 6.50. The van der Waals surface area contributed by atoms with Crippen LogP contribution < -0.4 is 4.90 Å². The van der Waals surface area contributed by atoms with Crippen molar-refractivity contribution in [3.63, 3.8) is 0 Å². The summed E-state index contributed by atoms with van der Waals surface area (Å²) in [6.07, 6.45) is 0. The highest BCUT2D eigenvalue weighted by molar-refractivity contribution is 7.25. The molecular weight excluding hydrogens is 781 g/mol. The first kappa shape index (κ1) is 36.8. The van der Waals surface area contributed by atoms with E-state index in [1.54, 1.807) is 0 Å². The van der Waals surface area contributed by atoms with Gasteiger partial charge in [0.15, 0.2) is 0 Å². The third-order valence-electron chi connectivity index (χ3n) is 12.4. The number of hydrogen-bond acceptors (Lipinski definition) is 2. The van der Waals surface area contributed by atoms with Crippen molar-refractivity contribution in [2.75, 3.05) is 4.90 Å². The van der Waals surface area contributed by atoms with Crippen molar-refractivity contribution in [3.8, 4) is 50.2 Å². The fourth-order valence-corrected chi connectivity index (χ4v) is 10.5. The average Bonchev–Trinajstić information content (AvgIpc) is 3.90. The van der Waals surface area contributed by atoms with Crippen LogP contribution in [0.4, 0.5) is 17.1 Å². The van der Waals surface area contributed by atoms with Crippen molar-refractivity contribution < 1.29 is 0 Å². The Balaban J connectivity index is 1.04. The van der Waals surface area contributed by atoms with E-state index in [1.165, 1.54) is 80.9 Å². The van der Waals surface area contributed by atoms with E-state index < -0.39 is 0 Å². The number of nitrogens with zero attached hydrogens (tertiary/aromatic N) is 2. The van der Waals surface area contributed by atoms with Gasteiger partial charge < -0.3 is 9.47 Å². The maximum Gasteiger partial charge on any atom is 0.0547 e. The molecule has 0 radical (unpaired) electrons. The molecule has 0 atom stereocenters. The largest absolute Gasteiger partial charge is 0.310 e. The second-order valence-electron chi connectivity index (χ2n) is 16.1. The first-order valence-electron chi connectivity index (χ1n) is 21.5. The molecule has 0 bridgehead atoms. The Labute approximate surface area is 370 Å². The number of aromatic nitrogens is 1. The highest BCUT2D eigenvalue weighted by Gasteiger charge is 2.21. The predicted octanol–water partition coefficient (Wildman–Crippen LogP) is 17.3. The molecule has 0 fully saturated rings. The predicted molar refractivity (Wildman–Crippen MR) is 270 cm³/mol. The fourth-order valence-electron chi connectivity index (χ4n) is 9.43. The molecule has 2 heterocycles. The van der Waals surface area contributed by atoms with Crippen LogP contribution in [0.3, 0.4) is 0 Å². The van der Waals surface area contributed by atoms with E-state index in [0.717, 1.165) is 28.3 Å². The number of fused-ring (bicyclic) bond motifs is 6. The molecule has 0 unspecified atom stereocenters. The molecule has 2 nitrogen and oxygen atoms in total. The standard InChI is InChI=1S/C60H40N2S/c1-4-16-41(17-5-1)42-28-32-47(33-29-42)61(48-34-37-60-55(40-48)53-24-12-15-27-59(53)63-60)56-25-13-10-22-50(56)49-35-30-44(38-54(49)43-18-6-2-7-19-43)45-31-36-52-51-23-11-14-26-57(51)62(58(52)39-45)46-20-8-3-9-21-46/h1-40H. The smallest absolute Gasteiger partial charge is 0.0547 e. The Hall–Kier alpha value is -7.98. The van der Waals surface area contributed by atoms with E-state index in [4.69, 9.17) is 0 Å². The van der Waals surface area contributed by atoms with Gasteiger partial charge in [-0.25, -0.2) is 0 Å². The van der Waals surface area contributed by atoms with E-state index in [1.807, 2.05) is 11.3 Å². The van der Waals surface area contributed by atoms with Crippen LogP contribution in [0.2, 0.25) is 0 Å². The van der Waals surface area contributed by atoms with Crippen molar-refractivity contribution in [2.24, 2.45) is 0 Å². The third-order valence-corrected chi connectivity index (χ3v) is 13.6. The van der Waals surface area contributed by atoms with Crippen molar-refractivity contribution in [3.05, 3.63) is 243 Å². The lowest BCUT2D eigenvalue weighted by molar-refractivity contribution is 1.18. The molecular formula is C60H40N2S. The molecule has 0 spiro atoms. The van der Waals surface area contributed by atoms with Crippen molar-refractivity contribution in [2.45, 2.75) is 0 Å². The monoisotopic (exact) mass is 820 g/mol. The number of hydrogen-bond donors (Lipinski definition) is 0. The van der Waals surface area contributed by atoms with E-state index in [-0.39, 0.29) is 0 Å². The van der Waals surface area contributed by atoms with E-state index in [9.17, 15) is 0 Å². The minimum Gasteiger partial charge on any atom is -0.310 e. The van der Waals surface area contributed by atoms with Gasteiger partial charge in [0.2, 0.25) is 0 Å². The van der Waals surface area contributed by atoms with E-state index >= 15 is 0 Å². The van der Waals surface area contributed by atoms with Gasteiger partial charge >= 0.3 is 0 Å². The van der Waals surface area contributed by atoms with E-state index in [0.29, 0.717) is 0 Å². The van der Waals surface area contributed by atoms with Crippen LogP contribution in [0.25, 0.3) is 92.2 Å². The van der Waals surface area contributed by atoms with Gasteiger partial charge in [0.1, 0.15) is 0 Å². The molecule has 63 heavy (non-hydrogen) atoms. The summed E-state index contributed by atoms with van der Waals surface area (Å²) in [5, 5.41) is 5.06. The summed E-state index contributed by atoms with van der Waals surface area (Å²) in [6.45, 7) is 0. The van der Waals surface area contributed by atoms with Crippen molar-refractivity contribution in [1.82, 2.24) is 4.57 Å². The zero-order valence-electron chi connectivity index (χ0n) is 34.4. The highest BCUT2D eigenvalue weighted by Crippen LogP contribution is 2.47. The van der Waals surface area contributed by atoms with Crippen molar-refractivity contribution >= 4 is 70.4 Å². The van der Waals surface area contributed by atoms with Crippen LogP contribution in [-0.4, -0.2) is 4.57 Å². The highest BCUT2D eigenvalue weighted by atomic mass is 32.1. The first-order chi connectivity index (χ1) is 31.2. The van der Waals surface area contributed by atoms with Gasteiger partial charge in [-0.05, 0) is 112 Å². The van der Waals surface area contributed by atoms with Gasteiger partial charge in [0.05, 0.1) is 16.7 Å². The molecule has 0 amide bonds. The molecule has 296 valence electrons. The average molecular weight is 821 g/mol. The lowest BCUT2D eigenvalue weighted by Crippen LogP contribution is -2.11. The normalized spacial score (nSPS) is 11.5. The number of para-hydroxylation sites is 3. The Kier molecular flexibility index (Phi) is 9.06. The summed E-state index contributed by atoms with van der Waals surface area (Å²) in [5.74, 6) is 0. The molecule has 12 rings (SSSR count). The van der Waals surface area contributed by atoms with Crippen molar-refractivity contribution in [1.29, 1.82) is 0 Å². The summed E-state index contributed by atoms with van der Waals surface area (Å²) in [6, 6.07) is 88.5. The van der Waals surface area contributed by atoms with Gasteiger partial charge in [-0.15, -0.1) is 11.3 Å². The minimum atomic E-state index is 1.10. The Morgan fingerprint density at radius 3 is 1.68 bits per heavy atom. The first-order valence-corrected chi connectivity index (χ1v) is 22.3. The summed E-state index contributed by atoms with van der Waals surface area (Å²) < 4.78 is 4.99. The molecule has 3 heteroatoms. The summed E-state index contributed by atoms with van der Waals surface area (Å²) in [4.78, 5) is 2.44. The second kappa shape index (κ2) is 15.5. The van der Waals surface area contributed by atoms with Gasteiger partial charge in [-0.2, -0.15) is 0 Å². The van der Waals surface area contributed by atoms with Crippen LogP contribution in [0.15, 0.2) is 243 Å². The molecule has 0 aliphatic heterocycles. The van der Waals surface area contributed by atoms with Gasteiger partial charge in [0, 0.05) is 53.6 Å². The quantitative estimate of drug-likeness (QED) is 0.148. The van der Waals surface area contributed by atoms with Gasteiger partial charge in [-0.3, -0.25) is 0 Å². The zero-order chi connectivity index (χ0) is 41.7. The number of thiophene rings is 1. The maximum atomic E-state index is 2.44. The second-order valence-corrected chi connectivity index (χ2v) is 17.2. The van der Waals surface area contributed by atoms with Crippen LogP contribution in [0.5, 0.6) is 0 Å². The Bertz CT molecular complexity index is 3600. The van der Waals surface area contributed by atoms with Crippen LogP contribution in [0, 0.1) is 0 Å². The minimum absolute atomic E-state index is 1.10. The maximum absolute atomic E-state index is 2.44. The number of anilines is 3. The fraction of sp³-hybridized carbons (Fsp3) is 0. The zero-order valence-corrected chi connectivity index (χ0v) is 35.2. The van der Waals surface area contributed by atoms with Crippen LogP contribution in [-0.2, 0) is 0 Å². The molecule has 2 aromatic heterocycles. The molecule has 0 saturated carbocycles. The number of rotatable bonds is 8. The van der Waals surface area contributed by atoms with Crippen LogP contribution >= 0.6 is 11.3 Å². The molecule has 0 aliphatic carbocycles. The molecule has 0 N–H and O–H groups in total.